The first-order valence-corrected chi connectivity index (χ1v) is 10.6. The van der Waals surface area contributed by atoms with Gasteiger partial charge in [0.05, 0.1) is 0 Å². The minimum atomic E-state index is -0.489. The molecule has 0 bridgehead atoms. The minimum absolute atomic E-state index is 0.162. The standard InChI is InChI=1S/C23H18N2O2Se/c26-23(27-16-17-8-3-1-4-9-17)25-20-13-14-21(19-12-7-15-24-22(19)20)28-18-10-5-2-6-11-18/h1-15H,16H2,(H,25,26). The van der Waals surface area contributed by atoms with Crippen LogP contribution in [0.1, 0.15) is 5.56 Å². The Balaban J connectivity index is 1.53. The van der Waals surface area contributed by atoms with Crippen LogP contribution in [0.25, 0.3) is 10.9 Å². The number of nitrogens with one attached hydrogen (secondary N) is 1. The molecule has 4 nitrogen and oxygen atoms in total. The van der Waals surface area contributed by atoms with Crippen molar-refractivity contribution in [2.24, 2.45) is 0 Å². The van der Waals surface area contributed by atoms with Crippen LogP contribution in [0, 0.1) is 0 Å². The Morgan fingerprint density at radius 2 is 1.64 bits per heavy atom. The van der Waals surface area contributed by atoms with Gasteiger partial charge in [0.15, 0.2) is 0 Å². The van der Waals surface area contributed by atoms with Gasteiger partial charge in [-0.05, 0) is 0 Å². The molecule has 0 atom stereocenters. The zero-order valence-corrected chi connectivity index (χ0v) is 16.8. The van der Waals surface area contributed by atoms with E-state index < -0.39 is 6.09 Å². The van der Waals surface area contributed by atoms with Crippen LogP contribution >= 0.6 is 0 Å². The molecule has 0 unspecified atom stereocenters. The first-order chi connectivity index (χ1) is 13.8. The van der Waals surface area contributed by atoms with Crippen LogP contribution in [-0.4, -0.2) is 26.0 Å². The summed E-state index contributed by atoms with van der Waals surface area (Å²) in [4.78, 5) is 16.7. The van der Waals surface area contributed by atoms with Gasteiger partial charge in [-0.25, -0.2) is 0 Å². The van der Waals surface area contributed by atoms with Crippen molar-refractivity contribution in [1.82, 2.24) is 4.98 Å². The van der Waals surface area contributed by atoms with Crippen molar-refractivity contribution in [3.05, 3.63) is 96.7 Å². The fourth-order valence-corrected chi connectivity index (χ4v) is 4.83. The van der Waals surface area contributed by atoms with Gasteiger partial charge in [-0.15, -0.1) is 0 Å². The second kappa shape index (κ2) is 8.70. The van der Waals surface area contributed by atoms with Crippen LogP contribution in [0.2, 0.25) is 0 Å². The number of hydrogen-bond donors (Lipinski definition) is 1. The number of benzene rings is 3. The molecule has 0 aliphatic heterocycles. The number of ether oxygens (including phenoxy) is 1. The molecule has 4 aromatic rings. The molecule has 5 heteroatoms. The van der Waals surface area contributed by atoms with Crippen molar-refractivity contribution in [2.75, 3.05) is 5.32 Å². The number of rotatable bonds is 5. The average molecular weight is 433 g/mol. The molecular weight excluding hydrogens is 415 g/mol. The van der Waals surface area contributed by atoms with E-state index in [1.165, 1.54) is 8.92 Å². The van der Waals surface area contributed by atoms with Crippen molar-refractivity contribution < 1.29 is 9.53 Å². The molecule has 28 heavy (non-hydrogen) atoms. The first kappa shape index (κ1) is 18.2. The molecule has 3 aromatic carbocycles. The molecule has 0 aliphatic carbocycles. The summed E-state index contributed by atoms with van der Waals surface area (Å²) in [5.74, 6) is 0. The summed E-state index contributed by atoms with van der Waals surface area (Å²) in [6, 6.07) is 27.9. The van der Waals surface area contributed by atoms with Crippen molar-refractivity contribution in [1.29, 1.82) is 0 Å². The van der Waals surface area contributed by atoms with E-state index in [0.29, 0.717) is 5.69 Å². The normalized spacial score (nSPS) is 10.6. The molecule has 1 N–H and O–H groups in total. The van der Waals surface area contributed by atoms with Gasteiger partial charge >= 0.3 is 170 Å². The Labute approximate surface area is 169 Å². The van der Waals surface area contributed by atoms with Gasteiger partial charge in [0.1, 0.15) is 0 Å². The van der Waals surface area contributed by atoms with Gasteiger partial charge in [0, 0.05) is 0 Å². The van der Waals surface area contributed by atoms with Crippen LogP contribution in [0.4, 0.5) is 10.5 Å². The Kier molecular flexibility index (Phi) is 5.66. The Morgan fingerprint density at radius 1 is 0.893 bits per heavy atom. The van der Waals surface area contributed by atoms with Crippen molar-refractivity contribution in [3.8, 4) is 0 Å². The fourth-order valence-electron chi connectivity index (χ4n) is 2.82. The van der Waals surface area contributed by atoms with Gasteiger partial charge < -0.3 is 0 Å². The summed E-state index contributed by atoms with van der Waals surface area (Å²) >= 11 is 0.162. The Hall–Kier alpha value is -3.14. The predicted octanol–water partition coefficient (Wildman–Crippen LogP) is 3.64. The monoisotopic (exact) mass is 434 g/mol. The number of carbonyl (C=O) groups is 1. The molecule has 0 saturated heterocycles. The van der Waals surface area contributed by atoms with E-state index in [9.17, 15) is 4.79 Å². The van der Waals surface area contributed by atoms with Crippen molar-refractivity contribution in [2.45, 2.75) is 6.61 Å². The molecule has 1 aromatic heterocycles. The van der Waals surface area contributed by atoms with Gasteiger partial charge in [-0.1, -0.05) is 0 Å². The topological polar surface area (TPSA) is 51.2 Å². The molecule has 1 heterocycles. The maximum absolute atomic E-state index is 12.2. The maximum atomic E-state index is 12.2. The van der Waals surface area contributed by atoms with E-state index in [2.05, 4.69) is 40.6 Å². The number of pyridine rings is 1. The molecule has 0 fully saturated rings. The van der Waals surface area contributed by atoms with E-state index in [1.807, 2.05) is 54.6 Å². The zero-order valence-electron chi connectivity index (χ0n) is 15.0. The van der Waals surface area contributed by atoms with E-state index in [4.69, 9.17) is 4.74 Å². The average Bonchev–Trinajstić information content (AvgIpc) is 2.75. The molecule has 0 spiro atoms. The number of anilines is 1. The van der Waals surface area contributed by atoms with Crippen LogP contribution in [0.15, 0.2) is 91.1 Å². The van der Waals surface area contributed by atoms with E-state index in [-0.39, 0.29) is 21.6 Å². The van der Waals surface area contributed by atoms with Crippen LogP contribution in [0.5, 0.6) is 0 Å². The molecule has 0 aliphatic rings. The third kappa shape index (κ3) is 4.39. The number of nitrogens with zero attached hydrogens (tertiary/aromatic N) is 1. The Morgan fingerprint density at radius 3 is 2.43 bits per heavy atom. The third-order valence-corrected chi connectivity index (χ3v) is 6.42. The van der Waals surface area contributed by atoms with Crippen LogP contribution in [0.3, 0.4) is 0 Å². The molecule has 0 saturated carbocycles. The summed E-state index contributed by atoms with van der Waals surface area (Å²) in [5.41, 5.74) is 2.37. The SMILES string of the molecule is O=C(Nc1ccc([Se]c2ccccc2)c2cccnc12)OCc1ccccc1. The number of fused-ring (bicyclic) bond motifs is 1. The van der Waals surface area contributed by atoms with Crippen LogP contribution in [-0.2, 0) is 11.3 Å². The fraction of sp³-hybridized carbons (Fsp3) is 0.0435. The zero-order chi connectivity index (χ0) is 19.2. The molecule has 0 radical (unpaired) electrons. The van der Waals surface area contributed by atoms with E-state index >= 15 is 0 Å². The summed E-state index contributed by atoms with van der Waals surface area (Å²) in [7, 11) is 0. The van der Waals surface area contributed by atoms with Gasteiger partial charge in [0.25, 0.3) is 0 Å². The van der Waals surface area contributed by atoms with Crippen molar-refractivity contribution >= 4 is 46.6 Å². The summed E-state index contributed by atoms with van der Waals surface area (Å²) in [5, 5.41) is 3.88. The van der Waals surface area contributed by atoms with E-state index in [1.54, 1.807) is 6.20 Å². The number of amides is 1. The number of hydrogen-bond acceptors (Lipinski definition) is 3. The van der Waals surface area contributed by atoms with Gasteiger partial charge in [-0.3, -0.25) is 0 Å². The third-order valence-electron chi connectivity index (χ3n) is 4.15. The second-order valence-electron chi connectivity index (χ2n) is 6.11. The predicted molar refractivity (Wildman–Crippen MR) is 113 cm³/mol. The van der Waals surface area contributed by atoms with Crippen molar-refractivity contribution in [3.63, 3.8) is 0 Å². The number of carbonyl (C=O) groups excluding carboxylic acids is 1. The number of aromatic nitrogens is 1. The quantitative estimate of drug-likeness (QED) is 0.489. The Bertz CT molecular complexity index is 1090. The van der Waals surface area contributed by atoms with Crippen LogP contribution < -0.4 is 14.2 Å². The van der Waals surface area contributed by atoms with E-state index in [0.717, 1.165) is 16.5 Å². The molecule has 4 rings (SSSR count). The van der Waals surface area contributed by atoms with Gasteiger partial charge in [-0.2, -0.15) is 0 Å². The molecule has 138 valence electrons. The first-order valence-electron chi connectivity index (χ1n) is 8.88. The molecular formula is C23H18N2O2Se. The summed E-state index contributed by atoms with van der Waals surface area (Å²) in [6.45, 7) is 0.229. The van der Waals surface area contributed by atoms with Gasteiger partial charge in [0.2, 0.25) is 0 Å². The summed E-state index contributed by atoms with van der Waals surface area (Å²) in [6.07, 6.45) is 1.25. The second-order valence-corrected chi connectivity index (χ2v) is 8.45. The summed E-state index contributed by atoms with van der Waals surface area (Å²) < 4.78 is 7.85. The molecule has 1 amide bonds.